The highest BCUT2D eigenvalue weighted by atomic mass is 16.1. The highest BCUT2D eigenvalue weighted by Crippen LogP contribution is 2.26. The molecule has 37 heavy (non-hydrogen) atoms. The van der Waals surface area contributed by atoms with Crippen molar-refractivity contribution in [1.82, 2.24) is 33.9 Å². The molecule has 0 saturated heterocycles. The van der Waals surface area contributed by atoms with Crippen LogP contribution in [0.1, 0.15) is 103 Å². The van der Waals surface area contributed by atoms with Crippen LogP contribution in [0.4, 0.5) is 0 Å². The van der Waals surface area contributed by atoms with Gasteiger partial charge in [0.1, 0.15) is 22.7 Å². The minimum Gasteiger partial charge on any atom is -0.316 e. The number of hydrogen-bond acceptors (Lipinski definition) is 5. The molecule has 0 aliphatic rings. The Morgan fingerprint density at radius 1 is 0.973 bits per heavy atom. The highest BCUT2D eigenvalue weighted by Gasteiger charge is 2.21. The first-order valence-electron chi connectivity index (χ1n) is 13.3. The highest BCUT2D eigenvalue weighted by molar-refractivity contribution is 5.77. The number of H-pyrrole nitrogens is 1. The molecule has 4 aromatic heterocycles. The first-order chi connectivity index (χ1) is 17.7. The van der Waals surface area contributed by atoms with Gasteiger partial charge in [0.25, 0.3) is 5.56 Å². The third-order valence-electron chi connectivity index (χ3n) is 6.83. The topological polar surface area (TPSA) is 93.8 Å². The van der Waals surface area contributed by atoms with Crippen LogP contribution < -0.4 is 5.56 Å². The van der Waals surface area contributed by atoms with Gasteiger partial charge < -0.3 is 4.98 Å². The molecule has 1 N–H and O–H groups in total. The predicted octanol–water partition coefficient (Wildman–Crippen LogP) is 6.41. The molecule has 4 rings (SSSR count). The van der Waals surface area contributed by atoms with Crippen LogP contribution in [-0.4, -0.2) is 33.9 Å². The predicted molar refractivity (Wildman–Crippen MR) is 150 cm³/mol. The Morgan fingerprint density at radius 2 is 1.62 bits per heavy atom. The van der Waals surface area contributed by atoms with Crippen LogP contribution in [0.5, 0.6) is 0 Å². The molecule has 2 unspecified atom stereocenters. The zero-order valence-electron chi connectivity index (χ0n) is 23.2. The fourth-order valence-corrected chi connectivity index (χ4v) is 4.76. The molecule has 0 aliphatic carbocycles. The quantitative estimate of drug-likeness (QED) is 0.253. The maximum Gasteiger partial charge on any atom is 0.274 e. The number of aromatic amines is 1. The average Bonchev–Trinajstić information content (AvgIpc) is 3.51. The molecular weight excluding hydrogens is 462 g/mol. The minimum absolute atomic E-state index is 0.158. The van der Waals surface area contributed by atoms with Crippen LogP contribution in [0.3, 0.4) is 0 Å². The Hall–Kier alpha value is -3.55. The molecule has 0 spiro atoms. The molecule has 4 aromatic rings. The van der Waals surface area contributed by atoms with Gasteiger partial charge in [0.15, 0.2) is 5.65 Å². The summed E-state index contributed by atoms with van der Waals surface area (Å²) in [5.74, 6) is 2.75. The van der Waals surface area contributed by atoms with Crippen LogP contribution in [0, 0.1) is 0 Å². The van der Waals surface area contributed by atoms with Gasteiger partial charge in [-0.25, -0.2) is 15.0 Å². The van der Waals surface area contributed by atoms with E-state index in [0.717, 1.165) is 43.0 Å². The van der Waals surface area contributed by atoms with Gasteiger partial charge in [0.2, 0.25) is 5.95 Å². The van der Waals surface area contributed by atoms with E-state index in [4.69, 9.17) is 9.97 Å². The van der Waals surface area contributed by atoms with Gasteiger partial charge in [-0.2, -0.15) is 4.98 Å². The number of nitrogens with zero attached hydrogens (tertiary/aromatic N) is 6. The molecule has 4 heterocycles. The van der Waals surface area contributed by atoms with Crippen molar-refractivity contribution < 1.29 is 0 Å². The second-order valence-electron chi connectivity index (χ2n) is 10.5. The zero-order chi connectivity index (χ0) is 26.7. The smallest absolute Gasteiger partial charge is 0.274 e. The maximum atomic E-state index is 13.0. The SMILES string of the molecule is CCc1nc(-n2ccnc2C(C)CCC=C(C)C)nc2c1[nH]c(=O)c1cnc(C(C)CCC=C(C)C)n12. The maximum absolute atomic E-state index is 13.0. The number of nitrogens with one attached hydrogen (secondary N) is 1. The summed E-state index contributed by atoms with van der Waals surface area (Å²) in [6.45, 7) is 14.9. The number of fused-ring (bicyclic) bond motifs is 3. The van der Waals surface area contributed by atoms with Crippen molar-refractivity contribution in [2.24, 2.45) is 0 Å². The summed E-state index contributed by atoms with van der Waals surface area (Å²) in [5, 5.41) is 0. The van der Waals surface area contributed by atoms with Crippen LogP contribution in [-0.2, 0) is 6.42 Å². The fourth-order valence-electron chi connectivity index (χ4n) is 4.76. The molecule has 0 aromatic carbocycles. The summed E-state index contributed by atoms with van der Waals surface area (Å²) < 4.78 is 3.91. The Kier molecular flexibility index (Phi) is 8.05. The average molecular weight is 502 g/mol. The third kappa shape index (κ3) is 5.58. The first-order valence-corrected chi connectivity index (χ1v) is 13.3. The van der Waals surface area contributed by atoms with Gasteiger partial charge in [-0.1, -0.05) is 44.1 Å². The molecule has 0 fully saturated rings. The molecule has 8 heteroatoms. The van der Waals surface area contributed by atoms with Crippen LogP contribution >= 0.6 is 0 Å². The molecule has 2 atom stereocenters. The van der Waals surface area contributed by atoms with E-state index >= 15 is 0 Å². The first kappa shape index (κ1) is 26.5. The number of aryl methyl sites for hydroxylation is 1. The van der Waals surface area contributed by atoms with Crippen molar-refractivity contribution in [3.8, 4) is 5.95 Å². The molecule has 0 aliphatic heterocycles. The molecule has 0 amide bonds. The van der Waals surface area contributed by atoms with Gasteiger partial charge in [-0.15, -0.1) is 0 Å². The van der Waals surface area contributed by atoms with Gasteiger partial charge in [-0.3, -0.25) is 13.8 Å². The van der Waals surface area contributed by atoms with Crippen molar-refractivity contribution in [2.75, 3.05) is 0 Å². The van der Waals surface area contributed by atoms with Crippen LogP contribution in [0.2, 0.25) is 0 Å². The molecule has 196 valence electrons. The number of aromatic nitrogens is 7. The van der Waals surface area contributed by atoms with Crippen molar-refractivity contribution in [1.29, 1.82) is 0 Å². The van der Waals surface area contributed by atoms with Crippen LogP contribution in [0.25, 0.3) is 22.6 Å². The Morgan fingerprint density at radius 3 is 2.24 bits per heavy atom. The van der Waals surface area contributed by atoms with E-state index in [9.17, 15) is 4.79 Å². The van der Waals surface area contributed by atoms with E-state index in [-0.39, 0.29) is 17.4 Å². The number of allylic oxidation sites excluding steroid dienone is 4. The molecule has 8 nitrogen and oxygen atoms in total. The van der Waals surface area contributed by atoms with E-state index < -0.39 is 0 Å². The molecule has 0 bridgehead atoms. The standard InChI is InChI=1S/C29H39N7O/c1-8-22-24-27(34-29(32-22)35-16-15-30-25(35)20(6)13-9-11-18(2)3)36-23(28(37)33-24)17-31-26(36)21(7)14-10-12-19(4)5/h11-12,15-17,20-21H,8-10,13-14H2,1-7H3,(H,33,37). The van der Waals surface area contributed by atoms with E-state index in [1.54, 1.807) is 6.20 Å². The number of rotatable bonds is 10. The Labute approximate surface area is 218 Å². The fraction of sp³-hybridized carbons (Fsp3) is 0.483. The lowest BCUT2D eigenvalue weighted by molar-refractivity contribution is 0.627. The summed E-state index contributed by atoms with van der Waals surface area (Å²) in [5.41, 5.74) is 5.10. The molecule has 0 saturated carbocycles. The lowest BCUT2D eigenvalue weighted by Crippen LogP contribution is -2.17. The van der Waals surface area contributed by atoms with Crippen molar-refractivity contribution >= 4 is 16.7 Å². The summed E-state index contributed by atoms with van der Waals surface area (Å²) in [6, 6.07) is 0. The lowest BCUT2D eigenvalue weighted by atomic mass is 10.0. The third-order valence-corrected chi connectivity index (χ3v) is 6.83. The largest absolute Gasteiger partial charge is 0.316 e. The van der Waals surface area contributed by atoms with E-state index in [2.05, 4.69) is 68.6 Å². The summed E-state index contributed by atoms with van der Waals surface area (Å²) in [4.78, 5) is 35.3. The monoisotopic (exact) mass is 501 g/mol. The summed E-state index contributed by atoms with van der Waals surface area (Å²) in [6.07, 6.45) is 14.4. The van der Waals surface area contributed by atoms with Gasteiger partial charge in [0.05, 0.1) is 11.9 Å². The van der Waals surface area contributed by atoms with E-state index in [0.29, 0.717) is 29.0 Å². The second kappa shape index (κ2) is 11.2. The number of hydrogen-bond donors (Lipinski definition) is 1. The van der Waals surface area contributed by atoms with Crippen molar-refractivity contribution in [3.05, 3.63) is 69.6 Å². The molecule has 0 radical (unpaired) electrons. The lowest BCUT2D eigenvalue weighted by Gasteiger charge is -2.16. The molecular formula is C29H39N7O. The Balaban J connectivity index is 1.85. The second-order valence-corrected chi connectivity index (χ2v) is 10.5. The van der Waals surface area contributed by atoms with Gasteiger partial charge in [-0.05, 0) is 59.8 Å². The summed E-state index contributed by atoms with van der Waals surface area (Å²) in [7, 11) is 0. The Bertz CT molecular complexity index is 1510. The van der Waals surface area contributed by atoms with Gasteiger partial charge >= 0.3 is 0 Å². The van der Waals surface area contributed by atoms with Crippen molar-refractivity contribution in [2.45, 2.75) is 92.4 Å². The number of imidazole rings is 2. The van der Waals surface area contributed by atoms with Gasteiger partial charge in [0, 0.05) is 24.2 Å². The normalized spacial score (nSPS) is 13.2. The van der Waals surface area contributed by atoms with Crippen LogP contribution in [0.15, 0.2) is 46.7 Å². The zero-order valence-corrected chi connectivity index (χ0v) is 23.2. The van der Waals surface area contributed by atoms with Crippen molar-refractivity contribution in [3.63, 3.8) is 0 Å². The minimum atomic E-state index is -0.176. The summed E-state index contributed by atoms with van der Waals surface area (Å²) >= 11 is 0. The van der Waals surface area contributed by atoms with E-state index in [1.807, 2.05) is 28.3 Å². The van der Waals surface area contributed by atoms with E-state index in [1.165, 1.54) is 11.1 Å².